The minimum Gasteiger partial charge on any atom is -0.399 e. The normalized spacial score (nSPS) is 12.4. The fraction of sp³-hybridized carbons (Fsp3) is 0.333. The summed E-state index contributed by atoms with van der Waals surface area (Å²) in [5, 5.41) is 4.14. The maximum atomic E-state index is 12.2. The SMILES string of the molecule is CC(CNC(=O)CSc1nc2ccc(N)cc2s1)CN(C)Cc1ccc(Cl)c(Cl)c1. The summed E-state index contributed by atoms with van der Waals surface area (Å²) in [5.41, 5.74) is 8.55. The van der Waals surface area contributed by atoms with Crippen molar-refractivity contribution in [2.75, 3.05) is 31.6 Å². The highest BCUT2D eigenvalue weighted by molar-refractivity contribution is 8.01. The van der Waals surface area contributed by atoms with Gasteiger partial charge < -0.3 is 16.0 Å². The van der Waals surface area contributed by atoms with E-state index in [4.69, 9.17) is 28.9 Å². The van der Waals surface area contributed by atoms with Gasteiger partial charge in [-0.2, -0.15) is 0 Å². The third-order valence-electron chi connectivity index (χ3n) is 4.43. The van der Waals surface area contributed by atoms with Gasteiger partial charge in [-0.25, -0.2) is 4.98 Å². The Morgan fingerprint density at radius 2 is 2.07 bits per heavy atom. The molecule has 1 heterocycles. The molecular weight excluding hydrogens is 459 g/mol. The number of halogens is 2. The second-order valence-corrected chi connectivity index (χ2v) is 10.4. The van der Waals surface area contributed by atoms with Gasteiger partial charge >= 0.3 is 0 Å². The molecule has 0 aliphatic carbocycles. The number of anilines is 1. The molecule has 30 heavy (non-hydrogen) atoms. The Bertz CT molecular complexity index is 1030. The van der Waals surface area contributed by atoms with E-state index in [1.54, 1.807) is 11.3 Å². The number of carbonyl (C=O) groups excluding carboxylic acids is 1. The van der Waals surface area contributed by atoms with Crippen molar-refractivity contribution in [3.63, 3.8) is 0 Å². The molecule has 3 aromatic rings. The van der Waals surface area contributed by atoms with E-state index in [0.29, 0.717) is 28.3 Å². The molecular formula is C21H24Cl2N4OS2. The fourth-order valence-corrected chi connectivity index (χ4v) is 5.33. The summed E-state index contributed by atoms with van der Waals surface area (Å²) in [4.78, 5) is 19.0. The van der Waals surface area contributed by atoms with Crippen LogP contribution >= 0.6 is 46.3 Å². The molecule has 3 rings (SSSR count). The first-order valence-corrected chi connectivity index (χ1v) is 12.0. The summed E-state index contributed by atoms with van der Waals surface area (Å²) in [7, 11) is 2.05. The molecule has 160 valence electrons. The molecule has 0 aliphatic rings. The lowest BCUT2D eigenvalue weighted by Gasteiger charge is -2.22. The number of thiazole rings is 1. The number of rotatable bonds is 9. The van der Waals surface area contributed by atoms with Crippen LogP contribution in [-0.4, -0.2) is 41.7 Å². The van der Waals surface area contributed by atoms with E-state index >= 15 is 0 Å². The van der Waals surface area contributed by atoms with Crippen molar-refractivity contribution in [3.05, 3.63) is 52.0 Å². The third-order valence-corrected chi connectivity index (χ3v) is 7.33. The average Bonchev–Trinajstić information content (AvgIpc) is 3.09. The minimum atomic E-state index is 0.0118. The summed E-state index contributed by atoms with van der Waals surface area (Å²) in [6.45, 7) is 4.37. The second kappa shape index (κ2) is 10.7. The number of nitrogens with zero attached hydrogens (tertiary/aromatic N) is 2. The molecule has 5 nitrogen and oxygen atoms in total. The van der Waals surface area contributed by atoms with Crippen LogP contribution in [0.1, 0.15) is 12.5 Å². The maximum Gasteiger partial charge on any atom is 0.230 e. The summed E-state index contributed by atoms with van der Waals surface area (Å²) < 4.78 is 1.91. The molecule has 0 saturated carbocycles. The molecule has 1 amide bonds. The Kier molecular flexibility index (Phi) is 8.25. The summed E-state index contributed by atoms with van der Waals surface area (Å²) >= 11 is 15.1. The lowest BCUT2D eigenvalue weighted by atomic mass is 10.1. The molecule has 0 saturated heterocycles. The molecule has 3 N–H and O–H groups in total. The number of fused-ring (bicyclic) bond motifs is 1. The highest BCUT2D eigenvalue weighted by Crippen LogP contribution is 2.30. The quantitative estimate of drug-likeness (QED) is 0.325. The Morgan fingerprint density at radius 1 is 1.27 bits per heavy atom. The van der Waals surface area contributed by atoms with Crippen LogP contribution in [0.15, 0.2) is 40.7 Å². The van der Waals surface area contributed by atoms with E-state index in [9.17, 15) is 4.79 Å². The highest BCUT2D eigenvalue weighted by Gasteiger charge is 2.12. The first-order valence-electron chi connectivity index (χ1n) is 9.48. The zero-order valence-corrected chi connectivity index (χ0v) is 20.0. The molecule has 1 atom stereocenters. The monoisotopic (exact) mass is 482 g/mol. The highest BCUT2D eigenvalue weighted by atomic mass is 35.5. The van der Waals surface area contributed by atoms with Crippen molar-refractivity contribution in [3.8, 4) is 0 Å². The number of carbonyl (C=O) groups is 1. The number of nitrogens with one attached hydrogen (secondary N) is 1. The predicted molar refractivity (Wildman–Crippen MR) is 130 cm³/mol. The number of hydrogen-bond acceptors (Lipinski definition) is 6. The van der Waals surface area contributed by atoms with E-state index in [-0.39, 0.29) is 5.91 Å². The average molecular weight is 483 g/mol. The van der Waals surface area contributed by atoms with E-state index in [2.05, 4.69) is 29.2 Å². The van der Waals surface area contributed by atoms with Gasteiger partial charge in [-0.05, 0) is 48.9 Å². The Morgan fingerprint density at radius 3 is 2.83 bits per heavy atom. The summed E-state index contributed by atoms with van der Waals surface area (Å²) in [6.07, 6.45) is 0. The van der Waals surface area contributed by atoms with Gasteiger partial charge in [0.1, 0.15) is 0 Å². The number of nitrogen functional groups attached to an aromatic ring is 1. The van der Waals surface area contributed by atoms with Gasteiger partial charge in [0.05, 0.1) is 26.0 Å². The van der Waals surface area contributed by atoms with Gasteiger partial charge in [-0.1, -0.05) is 48.0 Å². The Labute approximate surface area is 194 Å². The van der Waals surface area contributed by atoms with Gasteiger partial charge in [0.25, 0.3) is 0 Å². The Hall–Kier alpha value is -1.51. The van der Waals surface area contributed by atoms with E-state index < -0.39 is 0 Å². The standard InChI is InChI=1S/C21H24Cl2N4OS2/c1-13(10-27(2)11-14-3-5-16(22)17(23)7-14)9-25-20(28)12-29-21-26-18-6-4-15(24)8-19(18)30-21/h3-8,13H,9-12,24H2,1-2H3,(H,25,28). The van der Waals surface area contributed by atoms with Crippen LogP contribution in [0.5, 0.6) is 0 Å². The second-order valence-electron chi connectivity index (χ2n) is 7.35. The van der Waals surface area contributed by atoms with Crippen molar-refractivity contribution in [2.24, 2.45) is 5.92 Å². The van der Waals surface area contributed by atoms with E-state index in [1.165, 1.54) is 11.8 Å². The zero-order valence-electron chi connectivity index (χ0n) is 16.8. The molecule has 0 bridgehead atoms. The number of nitrogens with two attached hydrogens (primary N) is 1. The first kappa shape index (κ1) is 23.2. The summed E-state index contributed by atoms with van der Waals surface area (Å²) in [6, 6.07) is 11.3. The van der Waals surface area contributed by atoms with Crippen LogP contribution in [0.2, 0.25) is 10.0 Å². The molecule has 9 heteroatoms. The molecule has 2 aromatic carbocycles. The van der Waals surface area contributed by atoms with E-state index in [0.717, 1.165) is 38.9 Å². The molecule has 0 aliphatic heterocycles. The van der Waals surface area contributed by atoms with Crippen LogP contribution in [-0.2, 0) is 11.3 Å². The minimum absolute atomic E-state index is 0.0118. The van der Waals surface area contributed by atoms with Gasteiger partial charge in [0, 0.05) is 25.3 Å². The van der Waals surface area contributed by atoms with Crippen LogP contribution < -0.4 is 11.1 Å². The zero-order chi connectivity index (χ0) is 21.7. The van der Waals surface area contributed by atoms with Crippen molar-refractivity contribution < 1.29 is 4.79 Å². The van der Waals surface area contributed by atoms with Crippen LogP contribution in [0.3, 0.4) is 0 Å². The molecule has 1 unspecified atom stereocenters. The number of aromatic nitrogens is 1. The van der Waals surface area contributed by atoms with Crippen molar-refractivity contribution in [1.29, 1.82) is 0 Å². The van der Waals surface area contributed by atoms with Gasteiger partial charge in [0.2, 0.25) is 5.91 Å². The largest absolute Gasteiger partial charge is 0.399 e. The van der Waals surface area contributed by atoms with Crippen LogP contribution in [0, 0.1) is 5.92 Å². The first-order chi connectivity index (χ1) is 14.3. The molecule has 0 fully saturated rings. The lowest BCUT2D eigenvalue weighted by molar-refractivity contribution is -0.118. The number of thioether (sulfide) groups is 1. The maximum absolute atomic E-state index is 12.2. The van der Waals surface area contributed by atoms with Crippen molar-refractivity contribution >= 4 is 68.1 Å². The summed E-state index contributed by atoms with van der Waals surface area (Å²) in [5.74, 6) is 0.677. The smallest absolute Gasteiger partial charge is 0.230 e. The van der Waals surface area contributed by atoms with Crippen LogP contribution in [0.25, 0.3) is 10.2 Å². The van der Waals surface area contributed by atoms with Gasteiger partial charge in [-0.3, -0.25) is 4.79 Å². The topological polar surface area (TPSA) is 71.2 Å². The Balaban J connectivity index is 1.39. The number of benzene rings is 2. The molecule has 0 radical (unpaired) electrons. The molecule has 0 spiro atoms. The van der Waals surface area contributed by atoms with Crippen LogP contribution in [0.4, 0.5) is 5.69 Å². The van der Waals surface area contributed by atoms with Crippen molar-refractivity contribution in [2.45, 2.75) is 17.8 Å². The van der Waals surface area contributed by atoms with Gasteiger partial charge in [0.15, 0.2) is 4.34 Å². The number of hydrogen-bond donors (Lipinski definition) is 2. The fourth-order valence-electron chi connectivity index (χ4n) is 3.06. The number of amides is 1. The predicted octanol–water partition coefficient (Wildman–Crippen LogP) is 5.16. The lowest BCUT2D eigenvalue weighted by Crippen LogP contribution is -2.34. The van der Waals surface area contributed by atoms with Crippen molar-refractivity contribution in [1.82, 2.24) is 15.2 Å². The van der Waals surface area contributed by atoms with E-state index in [1.807, 2.05) is 36.4 Å². The molecule has 1 aromatic heterocycles. The third kappa shape index (κ3) is 6.75. The van der Waals surface area contributed by atoms with Gasteiger partial charge in [-0.15, -0.1) is 11.3 Å².